The molecule has 7 heteroatoms. The SMILES string of the molecule is COCc1cc(C)n(CC(=O)Nc2cc(C)ccc2O)c(=O)c1C#N. The van der Waals surface area contributed by atoms with Crippen molar-refractivity contribution in [3.05, 3.63) is 57.0 Å². The summed E-state index contributed by atoms with van der Waals surface area (Å²) in [7, 11) is 1.48. The van der Waals surface area contributed by atoms with E-state index in [2.05, 4.69) is 5.32 Å². The molecule has 25 heavy (non-hydrogen) atoms. The normalized spacial score (nSPS) is 10.3. The molecule has 130 valence electrons. The number of pyridine rings is 1. The molecule has 0 spiro atoms. The maximum atomic E-state index is 12.5. The first kappa shape index (κ1) is 18.2. The fraction of sp³-hybridized carbons (Fsp3) is 0.278. The van der Waals surface area contributed by atoms with Gasteiger partial charge < -0.3 is 19.7 Å². The van der Waals surface area contributed by atoms with Crippen molar-refractivity contribution >= 4 is 11.6 Å². The second-order valence-corrected chi connectivity index (χ2v) is 5.69. The molecule has 0 saturated carbocycles. The van der Waals surface area contributed by atoms with Crippen molar-refractivity contribution in [2.24, 2.45) is 0 Å². The van der Waals surface area contributed by atoms with Gasteiger partial charge in [-0.1, -0.05) is 6.07 Å². The van der Waals surface area contributed by atoms with Crippen LogP contribution in [0.3, 0.4) is 0 Å². The Hall–Kier alpha value is -3.11. The number of nitrogens with one attached hydrogen (secondary N) is 1. The van der Waals surface area contributed by atoms with Crippen LogP contribution >= 0.6 is 0 Å². The van der Waals surface area contributed by atoms with E-state index in [1.807, 2.05) is 13.0 Å². The minimum absolute atomic E-state index is 0.0429. The highest BCUT2D eigenvalue weighted by Crippen LogP contribution is 2.23. The molecule has 0 aliphatic heterocycles. The molecule has 2 aromatic rings. The van der Waals surface area contributed by atoms with E-state index in [0.29, 0.717) is 11.3 Å². The molecule has 0 saturated heterocycles. The molecule has 0 fully saturated rings. The smallest absolute Gasteiger partial charge is 0.269 e. The molecule has 0 unspecified atom stereocenters. The predicted molar refractivity (Wildman–Crippen MR) is 92.3 cm³/mol. The summed E-state index contributed by atoms with van der Waals surface area (Å²) in [6, 6.07) is 8.35. The number of nitriles is 1. The van der Waals surface area contributed by atoms with Gasteiger partial charge in [0.1, 0.15) is 23.9 Å². The van der Waals surface area contributed by atoms with Crippen molar-refractivity contribution in [2.75, 3.05) is 12.4 Å². The Bertz CT molecular complexity index is 910. The van der Waals surface area contributed by atoms with E-state index in [0.717, 1.165) is 5.56 Å². The van der Waals surface area contributed by atoms with Crippen molar-refractivity contribution in [3.8, 4) is 11.8 Å². The van der Waals surface area contributed by atoms with Gasteiger partial charge in [-0.05, 0) is 37.6 Å². The van der Waals surface area contributed by atoms with Crippen LogP contribution in [-0.2, 0) is 22.7 Å². The van der Waals surface area contributed by atoms with Crippen LogP contribution in [0.4, 0.5) is 5.69 Å². The topological polar surface area (TPSA) is 104 Å². The van der Waals surface area contributed by atoms with Gasteiger partial charge in [0.05, 0.1) is 12.3 Å². The fourth-order valence-corrected chi connectivity index (χ4v) is 2.50. The molecule has 0 radical (unpaired) electrons. The molecule has 1 aromatic heterocycles. The number of anilines is 1. The summed E-state index contributed by atoms with van der Waals surface area (Å²) in [6.07, 6.45) is 0. The standard InChI is InChI=1S/C18H19N3O4/c1-11-4-5-16(22)15(6-11)20-17(23)9-21-12(2)7-13(10-25-3)14(8-19)18(21)24/h4-7,22H,9-10H2,1-3H3,(H,20,23). The summed E-state index contributed by atoms with van der Waals surface area (Å²) in [5, 5.41) is 21.6. The van der Waals surface area contributed by atoms with Gasteiger partial charge in [-0.15, -0.1) is 0 Å². The van der Waals surface area contributed by atoms with Crippen LogP contribution in [0.25, 0.3) is 0 Å². The Morgan fingerprint density at radius 1 is 1.36 bits per heavy atom. The molecule has 0 aliphatic carbocycles. The van der Waals surface area contributed by atoms with E-state index in [1.165, 1.54) is 17.7 Å². The third-order valence-electron chi connectivity index (χ3n) is 3.73. The summed E-state index contributed by atoms with van der Waals surface area (Å²) in [5.41, 5.74) is 1.58. The van der Waals surface area contributed by atoms with Gasteiger partial charge in [0.2, 0.25) is 5.91 Å². The number of aryl methyl sites for hydroxylation is 2. The minimum atomic E-state index is -0.543. The number of methoxy groups -OCH3 is 1. The highest BCUT2D eigenvalue weighted by molar-refractivity contribution is 5.92. The summed E-state index contributed by atoms with van der Waals surface area (Å²) in [6.45, 7) is 3.39. The Morgan fingerprint density at radius 3 is 2.72 bits per heavy atom. The maximum Gasteiger partial charge on any atom is 0.269 e. The Balaban J connectivity index is 2.31. The molecule has 2 rings (SSSR count). The summed E-state index contributed by atoms with van der Waals surface area (Å²) < 4.78 is 6.22. The number of ether oxygens (including phenoxy) is 1. The molecule has 1 heterocycles. The molecule has 0 aliphatic rings. The quantitative estimate of drug-likeness (QED) is 0.807. The van der Waals surface area contributed by atoms with Gasteiger partial charge in [0.25, 0.3) is 5.56 Å². The summed E-state index contributed by atoms with van der Waals surface area (Å²) in [4.78, 5) is 24.8. The number of hydrogen-bond donors (Lipinski definition) is 2. The van der Waals surface area contributed by atoms with E-state index >= 15 is 0 Å². The van der Waals surface area contributed by atoms with Crippen molar-refractivity contribution in [3.63, 3.8) is 0 Å². The van der Waals surface area contributed by atoms with Crippen molar-refractivity contribution in [2.45, 2.75) is 27.0 Å². The summed E-state index contributed by atoms with van der Waals surface area (Å²) in [5.74, 6) is -0.536. The van der Waals surface area contributed by atoms with Gasteiger partial charge in [-0.25, -0.2) is 0 Å². The van der Waals surface area contributed by atoms with E-state index in [9.17, 15) is 20.0 Å². The van der Waals surface area contributed by atoms with Crippen molar-refractivity contribution in [1.29, 1.82) is 5.26 Å². The first-order chi connectivity index (χ1) is 11.9. The molecule has 1 aromatic carbocycles. The zero-order valence-corrected chi connectivity index (χ0v) is 14.3. The number of rotatable bonds is 5. The molecule has 0 bridgehead atoms. The number of benzene rings is 1. The highest BCUT2D eigenvalue weighted by Gasteiger charge is 2.15. The number of phenolic OH excluding ortho intramolecular Hbond substituents is 1. The monoisotopic (exact) mass is 341 g/mol. The number of carbonyl (C=O) groups is 1. The lowest BCUT2D eigenvalue weighted by Crippen LogP contribution is -2.31. The summed E-state index contributed by atoms with van der Waals surface area (Å²) >= 11 is 0. The van der Waals surface area contributed by atoms with Crippen molar-refractivity contribution in [1.82, 2.24) is 4.57 Å². The van der Waals surface area contributed by atoms with E-state index in [1.54, 1.807) is 25.1 Å². The fourth-order valence-electron chi connectivity index (χ4n) is 2.50. The lowest BCUT2D eigenvalue weighted by atomic mass is 10.1. The second kappa shape index (κ2) is 7.64. The number of hydrogen-bond acceptors (Lipinski definition) is 5. The first-order valence-electron chi connectivity index (χ1n) is 7.59. The number of carbonyl (C=O) groups excluding carboxylic acids is 1. The zero-order valence-electron chi connectivity index (χ0n) is 14.3. The van der Waals surface area contributed by atoms with Gasteiger partial charge in [0.15, 0.2) is 0 Å². The molecule has 2 N–H and O–H groups in total. The van der Waals surface area contributed by atoms with E-state index in [4.69, 9.17) is 4.74 Å². The average Bonchev–Trinajstić information content (AvgIpc) is 2.55. The lowest BCUT2D eigenvalue weighted by molar-refractivity contribution is -0.116. The Labute approximate surface area is 145 Å². The lowest BCUT2D eigenvalue weighted by Gasteiger charge is -2.14. The first-order valence-corrected chi connectivity index (χ1v) is 7.59. The molecule has 0 atom stereocenters. The van der Waals surface area contributed by atoms with Gasteiger partial charge in [-0.3, -0.25) is 9.59 Å². The number of amides is 1. The van der Waals surface area contributed by atoms with E-state index < -0.39 is 11.5 Å². The largest absolute Gasteiger partial charge is 0.506 e. The van der Waals surface area contributed by atoms with Crippen LogP contribution in [0.2, 0.25) is 0 Å². The second-order valence-electron chi connectivity index (χ2n) is 5.69. The molecule has 7 nitrogen and oxygen atoms in total. The van der Waals surface area contributed by atoms with Gasteiger partial charge in [0, 0.05) is 18.4 Å². The van der Waals surface area contributed by atoms with Crippen LogP contribution in [0.15, 0.2) is 29.1 Å². The van der Waals surface area contributed by atoms with Crippen LogP contribution < -0.4 is 10.9 Å². The van der Waals surface area contributed by atoms with Crippen molar-refractivity contribution < 1.29 is 14.6 Å². The predicted octanol–water partition coefficient (Wildman–Crippen LogP) is 1.83. The number of aromatic nitrogens is 1. The number of aromatic hydroxyl groups is 1. The zero-order chi connectivity index (χ0) is 18.6. The Morgan fingerprint density at radius 2 is 2.08 bits per heavy atom. The number of phenols is 1. The van der Waals surface area contributed by atoms with Crippen LogP contribution in [0, 0.1) is 25.2 Å². The van der Waals surface area contributed by atoms with Crippen LogP contribution in [0.1, 0.15) is 22.4 Å². The maximum absolute atomic E-state index is 12.5. The van der Waals surface area contributed by atoms with Crippen LogP contribution in [0.5, 0.6) is 5.75 Å². The van der Waals surface area contributed by atoms with E-state index in [-0.39, 0.29) is 30.2 Å². The van der Waals surface area contributed by atoms with Gasteiger partial charge in [-0.2, -0.15) is 5.26 Å². The molecular formula is C18H19N3O4. The highest BCUT2D eigenvalue weighted by atomic mass is 16.5. The average molecular weight is 341 g/mol. The minimum Gasteiger partial charge on any atom is -0.506 e. The third-order valence-corrected chi connectivity index (χ3v) is 3.73. The number of nitrogens with zero attached hydrogens (tertiary/aromatic N) is 2. The molecular weight excluding hydrogens is 322 g/mol. The van der Waals surface area contributed by atoms with Crippen LogP contribution in [-0.4, -0.2) is 22.7 Å². The Kier molecular flexibility index (Phi) is 5.57. The van der Waals surface area contributed by atoms with Gasteiger partial charge >= 0.3 is 0 Å². The molecule has 1 amide bonds. The third kappa shape index (κ3) is 4.05.